The van der Waals surface area contributed by atoms with Gasteiger partial charge in [0.05, 0.1) is 15.2 Å². The zero-order valence-corrected chi connectivity index (χ0v) is 9.96. The molecule has 4 heteroatoms. The molecule has 0 aliphatic heterocycles. The van der Waals surface area contributed by atoms with E-state index >= 15 is 0 Å². The number of aliphatic hydroxyl groups excluding tert-OH is 1. The molecule has 0 aromatic heterocycles. The minimum atomic E-state index is -1.44. The Bertz CT molecular complexity index is 163. The van der Waals surface area contributed by atoms with Gasteiger partial charge in [-0.05, 0) is 12.8 Å². The molecule has 0 saturated carbocycles. The molecule has 0 spiro atoms. The number of esters is 1. The van der Waals surface area contributed by atoms with Crippen LogP contribution in [0.25, 0.3) is 0 Å². The van der Waals surface area contributed by atoms with Crippen molar-refractivity contribution in [1.82, 2.24) is 0 Å². The summed E-state index contributed by atoms with van der Waals surface area (Å²) >= 11 is 0. The molecule has 78 valence electrons. The van der Waals surface area contributed by atoms with Crippen LogP contribution in [0.5, 0.6) is 0 Å². The lowest BCUT2D eigenvalue weighted by molar-refractivity contribution is -0.140. The predicted molar refractivity (Wildman–Crippen MR) is 55.2 cm³/mol. The maximum atomic E-state index is 10.8. The van der Waals surface area contributed by atoms with Gasteiger partial charge in [0.15, 0.2) is 0 Å². The fourth-order valence-corrected chi connectivity index (χ4v) is 2.04. The fraction of sp³-hybridized carbons (Fsp3) is 0.889. The molecule has 0 unspecified atom stereocenters. The molecule has 0 bridgehead atoms. The molecule has 1 atom stereocenters. The summed E-state index contributed by atoms with van der Waals surface area (Å²) in [6.07, 6.45) is 1.85. The Balaban J connectivity index is 3.60. The van der Waals surface area contributed by atoms with Gasteiger partial charge in [-0.3, -0.25) is 4.79 Å². The van der Waals surface area contributed by atoms with E-state index in [4.69, 9.17) is 0 Å². The van der Waals surface area contributed by atoms with Gasteiger partial charge in [0.25, 0.3) is 0 Å². The van der Waals surface area contributed by atoms with Crippen molar-refractivity contribution in [2.24, 2.45) is 0 Å². The lowest BCUT2D eigenvalue weighted by Gasteiger charge is -2.23. The van der Waals surface area contributed by atoms with Crippen LogP contribution < -0.4 is 0 Å². The molecule has 0 amide bonds. The van der Waals surface area contributed by atoms with Gasteiger partial charge in [0.1, 0.15) is 0 Å². The Morgan fingerprint density at radius 3 is 2.38 bits per heavy atom. The summed E-state index contributed by atoms with van der Waals surface area (Å²) in [5.41, 5.74) is -0.211. The number of hydrogen-bond acceptors (Lipinski definition) is 3. The maximum Gasteiger partial charge on any atom is 0.305 e. The molecule has 0 radical (unpaired) electrons. The first-order valence-corrected chi connectivity index (χ1v) is 8.20. The molecule has 0 aliphatic carbocycles. The van der Waals surface area contributed by atoms with Crippen molar-refractivity contribution in [3.63, 3.8) is 0 Å². The van der Waals surface area contributed by atoms with Crippen LogP contribution in [-0.2, 0) is 9.53 Å². The number of methoxy groups -OCH3 is 1. The van der Waals surface area contributed by atoms with E-state index in [1.807, 2.05) is 0 Å². The van der Waals surface area contributed by atoms with Gasteiger partial charge < -0.3 is 9.84 Å². The van der Waals surface area contributed by atoms with Crippen LogP contribution in [-0.4, -0.2) is 32.0 Å². The van der Waals surface area contributed by atoms with Gasteiger partial charge in [-0.1, -0.05) is 19.6 Å². The molecule has 1 N–H and O–H groups in total. The Morgan fingerprint density at radius 2 is 2.00 bits per heavy atom. The molecule has 0 aromatic rings. The van der Waals surface area contributed by atoms with Gasteiger partial charge in [-0.15, -0.1) is 0 Å². The van der Waals surface area contributed by atoms with Gasteiger partial charge in [0.2, 0.25) is 0 Å². The number of rotatable bonds is 5. The zero-order chi connectivity index (χ0) is 10.5. The summed E-state index contributed by atoms with van der Waals surface area (Å²) in [5.74, 6) is -0.192. The second-order valence-corrected chi connectivity index (χ2v) is 9.75. The van der Waals surface area contributed by atoms with Crippen LogP contribution in [0.4, 0.5) is 0 Å². The van der Waals surface area contributed by atoms with Gasteiger partial charge >= 0.3 is 5.97 Å². The summed E-state index contributed by atoms with van der Waals surface area (Å²) < 4.78 is 4.51. The highest BCUT2D eigenvalue weighted by Crippen LogP contribution is 2.13. The first kappa shape index (κ1) is 12.6. The molecule has 0 saturated heterocycles. The van der Waals surface area contributed by atoms with Crippen molar-refractivity contribution in [2.45, 2.75) is 44.6 Å². The van der Waals surface area contributed by atoms with E-state index in [2.05, 4.69) is 24.4 Å². The lowest BCUT2D eigenvalue weighted by atomic mass is 10.2. The average molecular weight is 204 g/mol. The number of carbonyl (C=O) groups excluding carboxylic acids is 1. The maximum absolute atomic E-state index is 10.8. The van der Waals surface area contributed by atoms with E-state index in [1.54, 1.807) is 0 Å². The summed E-state index contributed by atoms with van der Waals surface area (Å²) in [4.78, 5) is 10.8. The molecular formula is C9H20O3Si. The third kappa shape index (κ3) is 5.82. The minimum absolute atomic E-state index is 0.192. The van der Waals surface area contributed by atoms with Crippen LogP contribution in [0.15, 0.2) is 0 Å². The van der Waals surface area contributed by atoms with Crippen LogP contribution in [0.3, 0.4) is 0 Å². The molecule has 0 aromatic carbocycles. The Morgan fingerprint density at radius 1 is 1.46 bits per heavy atom. The van der Waals surface area contributed by atoms with Crippen LogP contribution in [0.2, 0.25) is 19.6 Å². The standard InChI is InChI=1S/C9H20O3Si/c1-12-8(10)6-5-7-9(11)13(2,3)4/h9,11H,5-7H2,1-4H3/t9-/m1/s1. The third-order valence-corrected chi connectivity index (χ3v) is 4.37. The molecular weight excluding hydrogens is 184 g/mol. The molecule has 0 rings (SSSR count). The second kappa shape index (κ2) is 5.39. The number of aliphatic hydroxyl groups is 1. The Labute approximate surface area is 81.1 Å². The number of carbonyl (C=O) groups is 1. The van der Waals surface area contributed by atoms with Gasteiger partial charge in [-0.2, -0.15) is 0 Å². The van der Waals surface area contributed by atoms with Crippen LogP contribution in [0, 0.1) is 0 Å². The van der Waals surface area contributed by atoms with E-state index < -0.39 is 8.07 Å². The van der Waals surface area contributed by atoms with E-state index in [0.717, 1.165) is 6.42 Å². The van der Waals surface area contributed by atoms with Crippen molar-refractivity contribution in [1.29, 1.82) is 0 Å². The summed E-state index contributed by atoms with van der Waals surface area (Å²) in [5, 5.41) is 9.68. The Kier molecular flexibility index (Phi) is 5.25. The summed E-state index contributed by atoms with van der Waals surface area (Å²) in [6, 6.07) is 0. The van der Waals surface area contributed by atoms with Crippen molar-refractivity contribution in [3.8, 4) is 0 Å². The van der Waals surface area contributed by atoms with Crippen molar-refractivity contribution < 1.29 is 14.6 Å². The second-order valence-electron chi connectivity index (χ2n) is 4.35. The smallest absolute Gasteiger partial charge is 0.305 e. The first-order chi connectivity index (χ1) is 5.88. The van der Waals surface area contributed by atoms with Gasteiger partial charge in [-0.25, -0.2) is 0 Å². The fourth-order valence-electron chi connectivity index (χ4n) is 0.975. The van der Waals surface area contributed by atoms with Crippen molar-refractivity contribution >= 4 is 14.0 Å². The van der Waals surface area contributed by atoms with E-state index in [9.17, 15) is 9.90 Å². The zero-order valence-electron chi connectivity index (χ0n) is 8.96. The highest BCUT2D eigenvalue weighted by molar-refractivity contribution is 6.77. The summed E-state index contributed by atoms with van der Waals surface area (Å²) in [6.45, 7) is 6.36. The molecule has 0 heterocycles. The topological polar surface area (TPSA) is 46.5 Å². The monoisotopic (exact) mass is 204 g/mol. The van der Waals surface area contributed by atoms with Crippen molar-refractivity contribution in [2.75, 3.05) is 7.11 Å². The molecule has 0 aliphatic rings. The normalized spacial score (nSPS) is 13.9. The van der Waals surface area contributed by atoms with Crippen LogP contribution in [0.1, 0.15) is 19.3 Å². The quantitative estimate of drug-likeness (QED) is 0.546. The third-order valence-electron chi connectivity index (χ3n) is 2.09. The number of hydrogen-bond donors (Lipinski definition) is 1. The first-order valence-electron chi connectivity index (χ1n) is 4.63. The number of ether oxygens (including phenoxy) is 1. The molecule has 0 fully saturated rings. The predicted octanol–water partition coefficient (Wildman–Crippen LogP) is 1.57. The molecule has 3 nitrogen and oxygen atoms in total. The van der Waals surface area contributed by atoms with Crippen LogP contribution >= 0.6 is 0 Å². The minimum Gasteiger partial charge on any atom is -0.469 e. The van der Waals surface area contributed by atoms with E-state index in [-0.39, 0.29) is 11.7 Å². The van der Waals surface area contributed by atoms with Crippen molar-refractivity contribution in [3.05, 3.63) is 0 Å². The van der Waals surface area contributed by atoms with E-state index in [1.165, 1.54) is 7.11 Å². The highest BCUT2D eigenvalue weighted by Gasteiger charge is 2.23. The largest absolute Gasteiger partial charge is 0.469 e. The average Bonchev–Trinajstić information content (AvgIpc) is 2.02. The summed E-state index contributed by atoms with van der Waals surface area (Å²) in [7, 11) is -0.0532. The van der Waals surface area contributed by atoms with E-state index in [0.29, 0.717) is 12.8 Å². The highest BCUT2D eigenvalue weighted by atomic mass is 28.3. The lowest BCUT2D eigenvalue weighted by Crippen LogP contribution is -2.37. The molecule has 13 heavy (non-hydrogen) atoms. The SMILES string of the molecule is COC(=O)CCC[C@H](O)[Si](C)(C)C. The van der Waals surface area contributed by atoms with Gasteiger partial charge in [0, 0.05) is 12.1 Å². The Hall–Kier alpha value is -0.353.